The molecule has 3 nitrogen and oxygen atoms in total. The van der Waals surface area contributed by atoms with Gasteiger partial charge in [0, 0.05) is 6.54 Å². The van der Waals surface area contributed by atoms with Crippen LogP contribution >= 0.6 is 0 Å². The molecule has 0 aliphatic heterocycles. The molecule has 0 amide bonds. The van der Waals surface area contributed by atoms with E-state index in [4.69, 9.17) is 4.74 Å². The molecule has 0 radical (unpaired) electrons. The molecule has 82 valence electrons. The first kappa shape index (κ1) is 10.3. The van der Waals surface area contributed by atoms with Crippen molar-refractivity contribution in [3.8, 4) is 11.5 Å². The summed E-state index contributed by atoms with van der Waals surface area (Å²) in [6.45, 7) is 1.94. The highest BCUT2D eigenvalue weighted by molar-refractivity contribution is 5.41. The summed E-state index contributed by atoms with van der Waals surface area (Å²) >= 11 is 0. The van der Waals surface area contributed by atoms with Gasteiger partial charge >= 0.3 is 0 Å². The number of phenolic OH excluding ortho intramolecular Hbond substituents is 1. The Kier molecular flexibility index (Phi) is 3.11. The Morgan fingerprint density at radius 3 is 2.93 bits per heavy atom. The first-order valence-electron chi connectivity index (χ1n) is 5.36. The number of rotatable bonds is 5. The summed E-state index contributed by atoms with van der Waals surface area (Å²) in [6.07, 6.45) is 2.73. The summed E-state index contributed by atoms with van der Waals surface area (Å²) < 4.78 is 5.05. The predicted molar refractivity (Wildman–Crippen MR) is 59.1 cm³/mol. The average Bonchev–Trinajstić information content (AvgIpc) is 3.04. The van der Waals surface area contributed by atoms with Crippen LogP contribution in [-0.4, -0.2) is 18.8 Å². The topological polar surface area (TPSA) is 41.5 Å². The van der Waals surface area contributed by atoms with Gasteiger partial charge in [-0.15, -0.1) is 0 Å². The third-order valence-electron chi connectivity index (χ3n) is 2.70. The Balaban J connectivity index is 1.89. The number of benzene rings is 1. The van der Waals surface area contributed by atoms with Crippen molar-refractivity contribution >= 4 is 0 Å². The zero-order valence-electron chi connectivity index (χ0n) is 8.99. The molecular formula is C12H17NO2. The zero-order chi connectivity index (χ0) is 10.7. The first-order chi connectivity index (χ1) is 7.29. The average molecular weight is 207 g/mol. The van der Waals surface area contributed by atoms with Crippen LogP contribution in [0.2, 0.25) is 0 Å². The van der Waals surface area contributed by atoms with Crippen LogP contribution in [0.4, 0.5) is 0 Å². The molecule has 0 aromatic heterocycles. The molecule has 1 aliphatic carbocycles. The van der Waals surface area contributed by atoms with Crippen molar-refractivity contribution in [2.24, 2.45) is 5.92 Å². The molecule has 0 saturated heterocycles. The van der Waals surface area contributed by atoms with Gasteiger partial charge in [-0.25, -0.2) is 0 Å². The van der Waals surface area contributed by atoms with E-state index < -0.39 is 0 Å². The molecule has 1 saturated carbocycles. The minimum atomic E-state index is 0.198. The van der Waals surface area contributed by atoms with Crippen LogP contribution in [0.15, 0.2) is 18.2 Å². The predicted octanol–water partition coefficient (Wildman–Crippen LogP) is 1.90. The maximum Gasteiger partial charge on any atom is 0.160 e. The molecule has 3 heteroatoms. The normalized spacial score (nSPS) is 15.3. The van der Waals surface area contributed by atoms with Crippen LogP contribution < -0.4 is 10.1 Å². The summed E-state index contributed by atoms with van der Waals surface area (Å²) in [5, 5.41) is 12.8. The Morgan fingerprint density at radius 1 is 1.47 bits per heavy atom. The van der Waals surface area contributed by atoms with Gasteiger partial charge in [-0.1, -0.05) is 6.07 Å². The second kappa shape index (κ2) is 4.53. The van der Waals surface area contributed by atoms with Crippen molar-refractivity contribution in [1.29, 1.82) is 0 Å². The van der Waals surface area contributed by atoms with Crippen LogP contribution in [0.5, 0.6) is 11.5 Å². The van der Waals surface area contributed by atoms with Gasteiger partial charge in [0.15, 0.2) is 11.5 Å². The SMILES string of the molecule is COc1cc(CNCC2CC2)ccc1O. The summed E-state index contributed by atoms with van der Waals surface area (Å²) in [4.78, 5) is 0. The van der Waals surface area contributed by atoms with Gasteiger partial charge in [-0.3, -0.25) is 0 Å². The van der Waals surface area contributed by atoms with E-state index in [2.05, 4.69) is 5.32 Å². The Bertz CT molecular complexity index is 334. The molecular weight excluding hydrogens is 190 g/mol. The largest absolute Gasteiger partial charge is 0.504 e. The van der Waals surface area contributed by atoms with Gasteiger partial charge in [0.25, 0.3) is 0 Å². The van der Waals surface area contributed by atoms with E-state index in [1.165, 1.54) is 12.8 Å². The van der Waals surface area contributed by atoms with E-state index in [0.29, 0.717) is 5.75 Å². The Morgan fingerprint density at radius 2 is 2.27 bits per heavy atom. The minimum Gasteiger partial charge on any atom is -0.504 e. The molecule has 2 rings (SSSR count). The van der Waals surface area contributed by atoms with E-state index >= 15 is 0 Å². The molecule has 0 unspecified atom stereocenters. The maximum absolute atomic E-state index is 9.41. The van der Waals surface area contributed by atoms with E-state index in [0.717, 1.165) is 24.6 Å². The van der Waals surface area contributed by atoms with Crippen molar-refractivity contribution in [3.05, 3.63) is 23.8 Å². The van der Waals surface area contributed by atoms with Crippen molar-refractivity contribution < 1.29 is 9.84 Å². The maximum atomic E-state index is 9.41. The number of nitrogens with one attached hydrogen (secondary N) is 1. The molecule has 1 fully saturated rings. The number of methoxy groups -OCH3 is 1. The number of hydrogen-bond donors (Lipinski definition) is 2. The van der Waals surface area contributed by atoms with Crippen molar-refractivity contribution in [2.75, 3.05) is 13.7 Å². The van der Waals surface area contributed by atoms with Gasteiger partial charge in [0.1, 0.15) is 0 Å². The number of phenols is 1. The lowest BCUT2D eigenvalue weighted by molar-refractivity contribution is 0.372. The molecule has 0 spiro atoms. The lowest BCUT2D eigenvalue weighted by Crippen LogP contribution is -2.15. The smallest absolute Gasteiger partial charge is 0.160 e. The van der Waals surface area contributed by atoms with Gasteiger partial charge in [0.2, 0.25) is 0 Å². The third-order valence-corrected chi connectivity index (χ3v) is 2.70. The molecule has 1 aromatic carbocycles. The number of ether oxygens (including phenoxy) is 1. The highest BCUT2D eigenvalue weighted by atomic mass is 16.5. The van der Waals surface area contributed by atoms with Gasteiger partial charge in [0.05, 0.1) is 7.11 Å². The van der Waals surface area contributed by atoms with E-state index in [9.17, 15) is 5.11 Å². The fourth-order valence-corrected chi connectivity index (χ4v) is 1.57. The van der Waals surface area contributed by atoms with Gasteiger partial charge in [-0.05, 0) is 43.0 Å². The molecule has 1 aromatic rings. The summed E-state index contributed by atoms with van der Waals surface area (Å²) in [7, 11) is 1.57. The Labute approximate surface area is 90.1 Å². The highest BCUT2D eigenvalue weighted by Crippen LogP contribution is 2.28. The van der Waals surface area contributed by atoms with Crippen molar-refractivity contribution in [2.45, 2.75) is 19.4 Å². The molecule has 15 heavy (non-hydrogen) atoms. The summed E-state index contributed by atoms with van der Waals surface area (Å²) in [5.74, 6) is 1.63. The number of hydrogen-bond acceptors (Lipinski definition) is 3. The molecule has 0 heterocycles. The first-order valence-corrected chi connectivity index (χ1v) is 5.36. The van der Waals surface area contributed by atoms with Gasteiger partial charge in [-0.2, -0.15) is 0 Å². The van der Waals surface area contributed by atoms with E-state index in [1.54, 1.807) is 13.2 Å². The second-order valence-corrected chi connectivity index (χ2v) is 4.08. The molecule has 0 bridgehead atoms. The minimum absolute atomic E-state index is 0.198. The van der Waals surface area contributed by atoms with E-state index in [-0.39, 0.29) is 5.75 Å². The fourth-order valence-electron chi connectivity index (χ4n) is 1.57. The van der Waals surface area contributed by atoms with Crippen LogP contribution in [-0.2, 0) is 6.54 Å². The summed E-state index contributed by atoms with van der Waals surface area (Å²) in [5.41, 5.74) is 1.14. The van der Waals surface area contributed by atoms with Crippen LogP contribution in [0.1, 0.15) is 18.4 Å². The molecule has 2 N–H and O–H groups in total. The number of aromatic hydroxyl groups is 1. The van der Waals surface area contributed by atoms with Crippen LogP contribution in [0.25, 0.3) is 0 Å². The Hall–Kier alpha value is -1.22. The molecule has 1 aliphatic rings. The van der Waals surface area contributed by atoms with E-state index in [1.807, 2.05) is 12.1 Å². The van der Waals surface area contributed by atoms with Crippen LogP contribution in [0, 0.1) is 5.92 Å². The standard InChI is InChI=1S/C12H17NO2/c1-15-12-6-10(4-5-11(12)14)8-13-7-9-2-3-9/h4-6,9,13-14H,2-3,7-8H2,1H3. The zero-order valence-corrected chi connectivity index (χ0v) is 8.99. The fraction of sp³-hybridized carbons (Fsp3) is 0.500. The van der Waals surface area contributed by atoms with Gasteiger partial charge < -0.3 is 15.2 Å². The lowest BCUT2D eigenvalue weighted by Gasteiger charge is -2.07. The van der Waals surface area contributed by atoms with Crippen molar-refractivity contribution in [1.82, 2.24) is 5.32 Å². The van der Waals surface area contributed by atoms with Crippen molar-refractivity contribution in [3.63, 3.8) is 0 Å². The highest BCUT2D eigenvalue weighted by Gasteiger charge is 2.20. The monoisotopic (exact) mass is 207 g/mol. The second-order valence-electron chi connectivity index (χ2n) is 4.08. The summed E-state index contributed by atoms with van der Waals surface area (Å²) in [6, 6.07) is 5.46. The lowest BCUT2D eigenvalue weighted by atomic mass is 10.2. The van der Waals surface area contributed by atoms with Crippen LogP contribution in [0.3, 0.4) is 0 Å². The molecule has 0 atom stereocenters. The quantitative estimate of drug-likeness (QED) is 0.774. The third kappa shape index (κ3) is 2.86.